The molecule has 1 atom stereocenters. The lowest BCUT2D eigenvalue weighted by atomic mass is 9.92. The van der Waals surface area contributed by atoms with Crippen molar-refractivity contribution in [1.29, 1.82) is 0 Å². The van der Waals surface area contributed by atoms with Crippen LogP contribution < -0.4 is 4.74 Å². The molecule has 3 aromatic carbocycles. The fourth-order valence-electron chi connectivity index (χ4n) is 4.00. The van der Waals surface area contributed by atoms with Gasteiger partial charge in [-0.3, -0.25) is 5.10 Å². The number of hydrogen-bond donors (Lipinski definition) is 3. The van der Waals surface area contributed by atoms with Gasteiger partial charge in [0, 0.05) is 28.2 Å². The van der Waals surface area contributed by atoms with Gasteiger partial charge >= 0.3 is 12.1 Å². The summed E-state index contributed by atoms with van der Waals surface area (Å²) in [6, 6.07) is 18.0. The highest BCUT2D eigenvalue weighted by Gasteiger charge is 2.58. The summed E-state index contributed by atoms with van der Waals surface area (Å²) in [6.07, 6.45) is -3.39. The highest BCUT2D eigenvalue weighted by Crippen LogP contribution is 2.43. The van der Waals surface area contributed by atoms with Crippen molar-refractivity contribution in [3.05, 3.63) is 95.9 Å². The minimum absolute atomic E-state index is 0.0895. The van der Waals surface area contributed by atoms with Crippen molar-refractivity contribution in [2.45, 2.75) is 11.8 Å². The predicted molar refractivity (Wildman–Crippen MR) is 127 cm³/mol. The molecule has 0 radical (unpaired) electrons. The number of methoxy groups -OCH3 is 1. The number of aliphatic hydroxyl groups is 1. The van der Waals surface area contributed by atoms with Crippen molar-refractivity contribution in [2.75, 3.05) is 7.11 Å². The average molecular weight is 508 g/mol. The van der Waals surface area contributed by atoms with Crippen LogP contribution in [0.15, 0.2) is 79.0 Å². The number of carbonyl (C=O) groups is 1. The maximum Gasteiger partial charge on any atom is 0.428 e. The second-order valence-corrected chi connectivity index (χ2v) is 8.08. The molecular weight excluding hydrogens is 489 g/mol. The highest BCUT2D eigenvalue weighted by molar-refractivity contribution is 6.06. The van der Waals surface area contributed by atoms with Crippen LogP contribution in [0.1, 0.15) is 21.7 Å². The van der Waals surface area contributed by atoms with E-state index < -0.39 is 29.1 Å². The molecule has 3 N–H and O–H groups in total. The van der Waals surface area contributed by atoms with E-state index in [0.29, 0.717) is 16.5 Å². The minimum Gasteiger partial charge on any atom is -0.465 e. The maximum atomic E-state index is 14.0. The Morgan fingerprint density at radius 2 is 1.78 bits per heavy atom. The largest absolute Gasteiger partial charge is 0.465 e. The van der Waals surface area contributed by atoms with Gasteiger partial charge in [0.25, 0.3) is 0 Å². The molecule has 0 saturated carbocycles. The Kier molecular flexibility index (Phi) is 5.92. The number of ether oxygens (including phenoxy) is 2. The molecule has 5 rings (SSSR count). The number of rotatable bonds is 6. The van der Waals surface area contributed by atoms with Crippen LogP contribution in [0, 0.1) is 0 Å². The van der Waals surface area contributed by atoms with E-state index in [2.05, 4.69) is 20.2 Å². The van der Waals surface area contributed by atoms with E-state index >= 15 is 0 Å². The summed E-state index contributed by atoms with van der Waals surface area (Å²) in [5.74, 6) is -0.964. The zero-order valence-corrected chi connectivity index (χ0v) is 19.2. The van der Waals surface area contributed by atoms with Crippen LogP contribution in [0.25, 0.3) is 22.3 Å². The number of nitrogens with one attached hydrogen (secondary N) is 2. The molecule has 0 aliphatic rings. The van der Waals surface area contributed by atoms with Crippen molar-refractivity contribution >= 4 is 16.9 Å². The van der Waals surface area contributed by atoms with E-state index in [-0.39, 0.29) is 22.9 Å². The lowest BCUT2D eigenvalue weighted by molar-refractivity contribution is -0.251. The SMILES string of the molecule is COC(=O)c1c(Oc2cccc(-c3n[nH]c(C(O)(c4ccccc4)C(F)(F)F)n3)c2)ccc2[nH]ccc12. The molecule has 0 fully saturated rings. The van der Waals surface area contributed by atoms with Gasteiger partial charge in [-0.25, -0.2) is 9.78 Å². The smallest absolute Gasteiger partial charge is 0.428 e. The van der Waals surface area contributed by atoms with Crippen LogP contribution in [-0.2, 0) is 10.3 Å². The number of benzene rings is 3. The number of nitrogens with zero attached hydrogens (tertiary/aromatic N) is 2. The summed E-state index contributed by atoms with van der Waals surface area (Å²) in [5, 5.41) is 17.5. The molecule has 2 aromatic heterocycles. The zero-order chi connectivity index (χ0) is 26.2. The number of H-pyrrole nitrogens is 2. The van der Waals surface area contributed by atoms with E-state index in [9.17, 15) is 23.1 Å². The van der Waals surface area contributed by atoms with Crippen LogP contribution in [0.2, 0.25) is 0 Å². The lowest BCUT2D eigenvalue weighted by Gasteiger charge is -2.28. The Bertz CT molecular complexity index is 1580. The molecule has 1 unspecified atom stereocenters. The molecule has 0 spiro atoms. The Labute approximate surface area is 207 Å². The predicted octanol–water partition coefficient (Wildman–Crippen LogP) is 5.33. The van der Waals surface area contributed by atoms with Gasteiger partial charge in [-0.05, 0) is 30.3 Å². The number of esters is 1. The first-order valence-electron chi connectivity index (χ1n) is 11.0. The van der Waals surface area contributed by atoms with Crippen LogP contribution >= 0.6 is 0 Å². The third kappa shape index (κ3) is 4.19. The van der Waals surface area contributed by atoms with Crippen LogP contribution in [-0.4, -0.2) is 44.5 Å². The molecule has 0 saturated heterocycles. The molecule has 0 amide bonds. The van der Waals surface area contributed by atoms with Crippen molar-refractivity contribution in [1.82, 2.24) is 20.2 Å². The minimum atomic E-state index is -5.07. The molecule has 5 aromatic rings. The first-order chi connectivity index (χ1) is 17.7. The number of alkyl halides is 3. The maximum absolute atomic E-state index is 14.0. The topological polar surface area (TPSA) is 113 Å². The normalized spacial score (nSPS) is 13.3. The molecular formula is C26H19F3N4O4. The molecule has 0 aliphatic heterocycles. The summed E-state index contributed by atoms with van der Waals surface area (Å²) in [6.45, 7) is 0. The Hall–Kier alpha value is -4.64. The number of hydrogen-bond acceptors (Lipinski definition) is 6. The summed E-state index contributed by atoms with van der Waals surface area (Å²) >= 11 is 0. The Balaban J connectivity index is 1.51. The van der Waals surface area contributed by atoms with Gasteiger partial charge in [-0.2, -0.15) is 18.3 Å². The molecule has 188 valence electrons. The van der Waals surface area contributed by atoms with Crippen LogP contribution in [0.4, 0.5) is 13.2 Å². The first kappa shape index (κ1) is 24.1. The number of aromatic amines is 2. The van der Waals surface area contributed by atoms with Gasteiger partial charge in [0.15, 0.2) is 11.6 Å². The molecule has 37 heavy (non-hydrogen) atoms. The Morgan fingerprint density at radius 1 is 1.00 bits per heavy atom. The van der Waals surface area contributed by atoms with E-state index in [1.54, 1.807) is 42.6 Å². The second-order valence-electron chi connectivity index (χ2n) is 8.08. The monoisotopic (exact) mass is 508 g/mol. The molecule has 8 nitrogen and oxygen atoms in total. The second kappa shape index (κ2) is 9.10. The van der Waals surface area contributed by atoms with Gasteiger partial charge in [0.2, 0.25) is 5.60 Å². The summed E-state index contributed by atoms with van der Waals surface area (Å²) in [4.78, 5) is 19.4. The van der Waals surface area contributed by atoms with Crippen LogP contribution in [0.3, 0.4) is 0 Å². The highest BCUT2D eigenvalue weighted by atomic mass is 19.4. The van der Waals surface area contributed by atoms with E-state index in [1.807, 2.05) is 0 Å². The fourth-order valence-corrected chi connectivity index (χ4v) is 4.00. The van der Waals surface area contributed by atoms with Gasteiger partial charge in [0.05, 0.1) is 7.11 Å². The number of fused-ring (bicyclic) bond motifs is 1. The fraction of sp³-hybridized carbons (Fsp3) is 0.115. The number of aromatic nitrogens is 4. The first-order valence-corrected chi connectivity index (χ1v) is 11.0. The van der Waals surface area contributed by atoms with Gasteiger partial charge in [-0.1, -0.05) is 42.5 Å². The van der Waals surface area contributed by atoms with Crippen LogP contribution in [0.5, 0.6) is 11.5 Å². The van der Waals surface area contributed by atoms with Gasteiger partial charge in [0.1, 0.15) is 17.1 Å². The quantitative estimate of drug-likeness (QED) is 0.267. The molecule has 0 aliphatic carbocycles. The summed E-state index contributed by atoms with van der Waals surface area (Å²) in [7, 11) is 1.26. The van der Waals surface area contributed by atoms with Crippen molar-refractivity contribution in [2.24, 2.45) is 0 Å². The Morgan fingerprint density at radius 3 is 2.51 bits per heavy atom. The van der Waals surface area contributed by atoms with E-state index in [4.69, 9.17) is 9.47 Å². The van der Waals surface area contributed by atoms with E-state index in [1.165, 1.54) is 31.4 Å². The van der Waals surface area contributed by atoms with E-state index in [0.717, 1.165) is 12.1 Å². The molecule has 0 bridgehead atoms. The summed E-state index contributed by atoms with van der Waals surface area (Å²) < 4.78 is 52.9. The number of halogens is 3. The zero-order valence-electron chi connectivity index (χ0n) is 19.2. The average Bonchev–Trinajstić information content (AvgIpc) is 3.58. The lowest BCUT2D eigenvalue weighted by Crippen LogP contribution is -2.44. The third-order valence-corrected chi connectivity index (χ3v) is 5.84. The van der Waals surface area contributed by atoms with Crippen molar-refractivity contribution < 1.29 is 32.5 Å². The standard InChI is InChI=1S/C26H19F3N4O4/c1-36-23(34)21-18-12-13-30-19(18)10-11-20(21)37-17-9-5-6-15(14-17)22-31-24(33-32-22)25(35,26(27,28)29)16-7-3-2-4-8-16/h2-14,30,35H,1H3,(H,31,32,33). The van der Waals surface area contributed by atoms with Gasteiger partial charge in [-0.15, -0.1) is 0 Å². The van der Waals surface area contributed by atoms with Crippen molar-refractivity contribution in [3.8, 4) is 22.9 Å². The summed E-state index contributed by atoms with van der Waals surface area (Å²) in [5.41, 5.74) is -2.55. The van der Waals surface area contributed by atoms with Gasteiger partial charge < -0.3 is 19.6 Å². The van der Waals surface area contributed by atoms with Crippen molar-refractivity contribution in [3.63, 3.8) is 0 Å². The molecule has 11 heteroatoms. The number of carbonyl (C=O) groups excluding carboxylic acids is 1. The molecule has 2 heterocycles. The third-order valence-electron chi connectivity index (χ3n) is 5.84.